The number of likely N-dealkylation sites (N-methyl/N-ethyl adjacent to an activating group) is 1. The van der Waals surface area contributed by atoms with Crippen LogP contribution in [0.15, 0.2) is 3.92 Å². The molecule has 15 heavy (non-hydrogen) atoms. The van der Waals surface area contributed by atoms with E-state index in [2.05, 4.69) is 49.8 Å². The molecule has 1 aromatic rings. The zero-order valence-electron chi connectivity index (χ0n) is 8.98. The topological polar surface area (TPSA) is 32.3 Å². The van der Waals surface area contributed by atoms with Crippen molar-refractivity contribution in [2.45, 2.75) is 19.9 Å². The molecule has 2 rings (SSSR count). The predicted molar refractivity (Wildman–Crippen MR) is 66.5 cm³/mol. The van der Waals surface area contributed by atoms with Crippen molar-refractivity contribution < 1.29 is 0 Å². The summed E-state index contributed by atoms with van der Waals surface area (Å²) in [6.07, 6.45) is 0. The molecule has 1 unspecified atom stereocenters. The first-order valence-corrected chi connectivity index (χ1v) is 6.79. The summed E-state index contributed by atoms with van der Waals surface area (Å²) in [5, 5.41) is 9.17. The first kappa shape index (κ1) is 11.3. The Balaban J connectivity index is 2.02. The van der Waals surface area contributed by atoms with E-state index >= 15 is 0 Å². The quantitative estimate of drug-likeness (QED) is 0.832. The maximum absolute atomic E-state index is 4.15. The number of piperazine rings is 1. The molecule has 0 aromatic carbocycles. The Hall–Kier alpha value is -0.200. The second kappa shape index (κ2) is 4.76. The molecule has 0 aliphatic carbocycles. The first-order chi connectivity index (χ1) is 7.20. The fourth-order valence-electron chi connectivity index (χ4n) is 1.96. The Morgan fingerprint density at radius 1 is 1.47 bits per heavy atom. The third-order valence-electron chi connectivity index (χ3n) is 2.83. The Morgan fingerprint density at radius 3 is 2.80 bits per heavy atom. The molecule has 4 nitrogen and oxygen atoms in total. The zero-order valence-corrected chi connectivity index (χ0v) is 11.4. The summed E-state index contributed by atoms with van der Waals surface area (Å²) >= 11 is 4.95. The monoisotopic (exact) mass is 290 g/mol. The molecular formula is C9H15BrN4S. The fraction of sp³-hybridized carbons (Fsp3) is 0.778. The highest BCUT2D eigenvalue weighted by atomic mass is 79.9. The Kier molecular flexibility index (Phi) is 3.58. The van der Waals surface area contributed by atoms with Crippen molar-refractivity contribution in [2.24, 2.45) is 0 Å². The second-order valence-electron chi connectivity index (χ2n) is 3.76. The maximum atomic E-state index is 4.15. The minimum atomic E-state index is 0.603. The molecule has 0 amide bonds. The highest BCUT2D eigenvalue weighted by Gasteiger charge is 2.24. The van der Waals surface area contributed by atoms with Crippen LogP contribution in [0.25, 0.3) is 0 Å². The van der Waals surface area contributed by atoms with Crippen LogP contribution in [0.4, 0.5) is 5.13 Å². The smallest absolute Gasteiger partial charge is 0.209 e. The molecule has 6 heteroatoms. The van der Waals surface area contributed by atoms with E-state index in [4.69, 9.17) is 0 Å². The van der Waals surface area contributed by atoms with Gasteiger partial charge in [-0.15, -0.1) is 10.2 Å². The van der Waals surface area contributed by atoms with Crippen LogP contribution in [0.2, 0.25) is 0 Å². The summed E-state index contributed by atoms with van der Waals surface area (Å²) in [4.78, 5) is 4.81. The Labute approximate surface area is 102 Å². The second-order valence-corrected chi connectivity index (χ2v) is 5.99. The van der Waals surface area contributed by atoms with Crippen LogP contribution in [-0.2, 0) is 0 Å². The van der Waals surface area contributed by atoms with Gasteiger partial charge >= 0.3 is 0 Å². The molecule has 1 aliphatic heterocycles. The third kappa shape index (κ3) is 2.49. The van der Waals surface area contributed by atoms with Gasteiger partial charge in [0.2, 0.25) is 5.13 Å². The zero-order chi connectivity index (χ0) is 10.8. The van der Waals surface area contributed by atoms with Crippen molar-refractivity contribution in [2.75, 3.05) is 31.1 Å². The molecule has 0 radical (unpaired) electrons. The van der Waals surface area contributed by atoms with Gasteiger partial charge in [-0.3, -0.25) is 4.90 Å². The van der Waals surface area contributed by atoms with Gasteiger partial charge in [-0.05, 0) is 29.4 Å². The molecule has 0 spiro atoms. The lowest BCUT2D eigenvalue weighted by Crippen LogP contribution is -2.51. The van der Waals surface area contributed by atoms with Gasteiger partial charge in [0.25, 0.3) is 0 Å². The van der Waals surface area contributed by atoms with Gasteiger partial charge in [0.05, 0.1) is 0 Å². The van der Waals surface area contributed by atoms with Gasteiger partial charge < -0.3 is 4.90 Å². The third-order valence-corrected chi connectivity index (χ3v) is 4.25. The van der Waals surface area contributed by atoms with Crippen LogP contribution >= 0.6 is 27.3 Å². The Bertz CT molecular complexity index is 330. The van der Waals surface area contributed by atoms with Crippen LogP contribution in [0.1, 0.15) is 13.8 Å². The summed E-state index contributed by atoms with van der Waals surface area (Å²) < 4.78 is 0.864. The van der Waals surface area contributed by atoms with Crippen LogP contribution in [0.3, 0.4) is 0 Å². The molecule has 0 N–H and O–H groups in total. The number of hydrogen-bond acceptors (Lipinski definition) is 5. The van der Waals surface area contributed by atoms with Gasteiger partial charge in [-0.25, -0.2) is 0 Å². The molecule has 0 bridgehead atoms. The van der Waals surface area contributed by atoms with Gasteiger partial charge in [0, 0.05) is 25.7 Å². The lowest BCUT2D eigenvalue weighted by atomic mass is 10.2. The van der Waals surface area contributed by atoms with Crippen molar-refractivity contribution in [1.29, 1.82) is 0 Å². The highest BCUT2D eigenvalue weighted by molar-refractivity contribution is 9.11. The summed E-state index contributed by atoms with van der Waals surface area (Å²) in [5.41, 5.74) is 0. The van der Waals surface area contributed by atoms with E-state index in [1.54, 1.807) is 11.3 Å². The van der Waals surface area contributed by atoms with E-state index in [1.807, 2.05) is 0 Å². The largest absolute Gasteiger partial charge is 0.344 e. The highest BCUT2D eigenvalue weighted by Crippen LogP contribution is 2.25. The van der Waals surface area contributed by atoms with Crippen molar-refractivity contribution in [3.05, 3.63) is 3.92 Å². The number of halogens is 1. The van der Waals surface area contributed by atoms with Crippen LogP contribution < -0.4 is 4.90 Å². The summed E-state index contributed by atoms with van der Waals surface area (Å²) in [6, 6.07) is 0.603. The molecule has 1 saturated heterocycles. The molecule has 84 valence electrons. The SMILES string of the molecule is CCN1CCN(c2nnc(Br)s2)CC1C. The van der Waals surface area contributed by atoms with Crippen LogP contribution in [0.5, 0.6) is 0 Å². The standard InChI is InChI=1S/C9H15BrN4S/c1-3-13-4-5-14(6-7(13)2)9-12-11-8(10)15-9/h7H,3-6H2,1-2H3. The van der Waals surface area contributed by atoms with Gasteiger partial charge in [-0.1, -0.05) is 18.3 Å². The van der Waals surface area contributed by atoms with Gasteiger partial charge in [0.15, 0.2) is 3.92 Å². The van der Waals surface area contributed by atoms with E-state index in [-0.39, 0.29) is 0 Å². The normalized spacial score (nSPS) is 23.4. The van der Waals surface area contributed by atoms with Gasteiger partial charge in [-0.2, -0.15) is 0 Å². The van der Waals surface area contributed by atoms with Crippen molar-refractivity contribution in [1.82, 2.24) is 15.1 Å². The minimum absolute atomic E-state index is 0.603. The minimum Gasteiger partial charge on any atom is -0.344 e. The lowest BCUT2D eigenvalue weighted by molar-refractivity contribution is 0.199. The summed E-state index contributed by atoms with van der Waals surface area (Å²) in [7, 11) is 0. The van der Waals surface area contributed by atoms with E-state index in [0.29, 0.717) is 6.04 Å². The first-order valence-electron chi connectivity index (χ1n) is 5.18. The summed E-state index contributed by atoms with van der Waals surface area (Å²) in [5.74, 6) is 0. The molecule has 0 saturated carbocycles. The fourth-order valence-corrected chi connectivity index (χ4v) is 3.09. The number of rotatable bonds is 2. The molecular weight excluding hydrogens is 276 g/mol. The van der Waals surface area contributed by atoms with E-state index in [0.717, 1.165) is 35.2 Å². The Morgan fingerprint density at radius 2 is 2.27 bits per heavy atom. The molecule has 1 aliphatic rings. The molecule has 1 aromatic heterocycles. The molecule has 1 atom stereocenters. The predicted octanol–water partition coefficient (Wildman–Crippen LogP) is 1.83. The molecule has 2 heterocycles. The van der Waals surface area contributed by atoms with Gasteiger partial charge in [0.1, 0.15) is 0 Å². The van der Waals surface area contributed by atoms with Crippen molar-refractivity contribution >= 4 is 32.4 Å². The van der Waals surface area contributed by atoms with Crippen molar-refractivity contribution in [3.63, 3.8) is 0 Å². The average molecular weight is 291 g/mol. The summed E-state index contributed by atoms with van der Waals surface area (Å²) in [6.45, 7) is 8.85. The van der Waals surface area contributed by atoms with E-state index in [1.165, 1.54) is 0 Å². The van der Waals surface area contributed by atoms with Crippen LogP contribution in [-0.4, -0.2) is 47.3 Å². The number of nitrogens with zero attached hydrogens (tertiary/aromatic N) is 4. The van der Waals surface area contributed by atoms with E-state index < -0.39 is 0 Å². The average Bonchev–Trinajstić information content (AvgIpc) is 2.65. The number of anilines is 1. The van der Waals surface area contributed by atoms with E-state index in [9.17, 15) is 0 Å². The van der Waals surface area contributed by atoms with Crippen LogP contribution in [0, 0.1) is 0 Å². The lowest BCUT2D eigenvalue weighted by Gasteiger charge is -2.38. The maximum Gasteiger partial charge on any atom is 0.209 e. The number of aromatic nitrogens is 2. The van der Waals surface area contributed by atoms with Crippen molar-refractivity contribution in [3.8, 4) is 0 Å². The number of hydrogen-bond donors (Lipinski definition) is 0. The molecule has 1 fully saturated rings.